The van der Waals surface area contributed by atoms with Gasteiger partial charge in [0.25, 0.3) is 8.32 Å². The van der Waals surface area contributed by atoms with Crippen molar-refractivity contribution in [2.24, 2.45) is 0 Å². The molecule has 0 N–H and O–H groups in total. The minimum atomic E-state index is -1.93. The summed E-state index contributed by atoms with van der Waals surface area (Å²) in [6, 6.07) is 5.63. The first kappa shape index (κ1) is 18.3. The summed E-state index contributed by atoms with van der Waals surface area (Å²) < 4.78 is 16.3. The van der Waals surface area contributed by atoms with Gasteiger partial charge in [-0.1, -0.05) is 26.8 Å². The van der Waals surface area contributed by atoms with Crippen LogP contribution in [0.1, 0.15) is 26.3 Å². The maximum Gasteiger partial charge on any atom is 0.330 e. The fourth-order valence-electron chi connectivity index (χ4n) is 1.53. The fourth-order valence-corrected chi connectivity index (χ4v) is 2.56. The van der Waals surface area contributed by atoms with Crippen LogP contribution in [0.25, 0.3) is 6.08 Å². The van der Waals surface area contributed by atoms with E-state index in [1.165, 1.54) is 13.2 Å². The lowest BCUT2D eigenvalue weighted by Gasteiger charge is -2.36. The molecule has 1 rings (SSSR count). The molecule has 1 aromatic rings. The summed E-state index contributed by atoms with van der Waals surface area (Å²) in [5.41, 5.74) is 0.852. The highest BCUT2D eigenvalue weighted by atomic mass is 28.4. The molecule has 5 heteroatoms. The van der Waals surface area contributed by atoms with Crippen molar-refractivity contribution in [2.75, 3.05) is 14.2 Å². The van der Waals surface area contributed by atoms with Gasteiger partial charge in [-0.2, -0.15) is 0 Å². The molecular formula is C17H26O4Si. The molecule has 0 saturated heterocycles. The van der Waals surface area contributed by atoms with Crippen LogP contribution in [0.3, 0.4) is 0 Å². The van der Waals surface area contributed by atoms with Crippen molar-refractivity contribution in [3.8, 4) is 11.5 Å². The highest BCUT2D eigenvalue weighted by molar-refractivity contribution is 6.74. The van der Waals surface area contributed by atoms with Crippen molar-refractivity contribution in [1.82, 2.24) is 0 Å². The Labute approximate surface area is 134 Å². The summed E-state index contributed by atoms with van der Waals surface area (Å²) in [6.45, 7) is 11.0. The largest absolute Gasteiger partial charge is 0.541 e. The van der Waals surface area contributed by atoms with Gasteiger partial charge in [0.05, 0.1) is 14.2 Å². The highest BCUT2D eigenvalue weighted by Crippen LogP contribution is 2.40. The third-order valence-electron chi connectivity index (χ3n) is 3.97. The SMILES string of the molecule is COC(=O)C=Cc1ccc(O[Si](C)(C)C(C)(C)C)c(OC)c1. The maximum absolute atomic E-state index is 11.1. The number of esters is 1. The number of hydrogen-bond acceptors (Lipinski definition) is 4. The van der Waals surface area contributed by atoms with Gasteiger partial charge in [-0.05, 0) is 41.9 Å². The van der Waals surface area contributed by atoms with Crippen LogP contribution in [-0.4, -0.2) is 28.5 Å². The van der Waals surface area contributed by atoms with Crippen molar-refractivity contribution < 1.29 is 18.7 Å². The molecule has 0 unspecified atom stereocenters. The third-order valence-corrected chi connectivity index (χ3v) is 8.31. The van der Waals surface area contributed by atoms with Crippen LogP contribution in [0.2, 0.25) is 18.1 Å². The van der Waals surface area contributed by atoms with Gasteiger partial charge in [-0.25, -0.2) is 4.79 Å². The van der Waals surface area contributed by atoms with Crippen LogP contribution in [0.5, 0.6) is 11.5 Å². The Hall–Kier alpha value is -1.75. The molecule has 0 aliphatic heterocycles. The zero-order valence-corrected chi connectivity index (χ0v) is 15.5. The van der Waals surface area contributed by atoms with Crippen LogP contribution in [0.4, 0.5) is 0 Å². The molecule has 0 saturated carbocycles. The second-order valence-electron chi connectivity index (χ2n) is 6.63. The Morgan fingerprint density at radius 3 is 2.27 bits per heavy atom. The molecule has 0 amide bonds. The molecule has 1 aromatic carbocycles. The van der Waals surface area contributed by atoms with Crippen LogP contribution in [0.15, 0.2) is 24.3 Å². The second kappa shape index (κ2) is 7.00. The van der Waals surface area contributed by atoms with E-state index in [1.807, 2.05) is 18.2 Å². The first-order chi connectivity index (χ1) is 10.1. The highest BCUT2D eigenvalue weighted by Gasteiger charge is 2.39. The molecule has 0 heterocycles. The van der Waals surface area contributed by atoms with Crippen LogP contribution >= 0.6 is 0 Å². The Bertz CT molecular complexity index is 556. The van der Waals surface area contributed by atoms with Gasteiger partial charge < -0.3 is 13.9 Å². The molecule has 22 heavy (non-hydrogen) atoms. The van der Waals surface area contributed by atoms with Crippen LogP contribution in [0, 0.1) is 0 Å². The van der Waals surface area contributed by atoms with Gasteiger partial charge in [0.15, 0.2) is 5.75 Å². The quantitative estimate of drug-likeness (QED) is 0.461. The number of methoxy groups -OCH3 is 2. The number of hydrogen-bond donors (Lipinski definition) is 0. The van der Waals surface area contributed by atoms with Gasteiger partial charge in [-0.3, -0.25) is 0 Å². The van der Waals surface area contributed by atoms with E-state index < -0.39 is 8.32 Å². The summed E-state index contributed by atoms with van der Waals surface area (Å²) in [4.78, 5) is 11.1. The first-order valence-corrected chi connectivity index (χ1v) is 10.1. The van der Waals surface area contributed by atoms with Gasteiger partial charge >= 0.3 is 5.97 Å². The third kappa shape index (κ3) is 4.63. The van der Waals surface area contributed by atoms with E-state index in [-0.39, 0.29) is 11.0 Å². The van der Waals surface area contributed by atoms with E-state index in [4.69, 9.17) is 9.16 Å². The summed E-state index contributed by atoms with van der Waals surface area (Å²) in [5.74, 6) is 1.02. The van der Waals surface area contributed by atoms with E-state index in [0.717, 1.165) is 11.3 Å². The van der Waals surface area contributed by atoms with Crippen molar-refractivity contribution in [3.05, 3.63) is 29.8 Å². The average Bonchev–Trinajstić information content (AvgIpc) is 2.44. The Balaban J connectivity index is 3.04. The standard InChI is InChI=1S/C17H26O4Si/c1-17(2,3)22(6,7)21-14-10-8-13(12-15(14)19-4)9-11-16(18)20-5/h8-12H,1-7H3. The molecule has 0 aliphatic carbocycles. The molecule has 0 spiro atoms. The Morgan fingerprint density at radius 2 is 1.77 bits per heavy atom. The topological polar surface area (TPSA) is 44.8 Å². The zero-order chi connectivity index (χ0) is 17.0. The van der Waals surface area contributed by atoms with E-state index in [1.54, 1.807) is 13.2 Å². The summed E-state index contributed by atoms with van der Waals surface area (Å²) >= 11 is 0. The molecular weight excluding hydrogens is 296 g/mol. The number of carbonyl (C=O) groups is 1. The van der Waals surface area contributed by atoms with E-state index in [2.05, 4.69) is 38.6 Å². The maximum atomic E-state index is 11.1. The average molecular weight is 322 g/mol. The normalized spacial score (nSPS) is 12.3. The molecule has 4 nitrogen and oxygen atoms in total. The minimum absolute atomic E-state index is 0.113. The number of carbonyl (C=O) groups excluding carboxylic acids is 1. The molecule has 0 atom stereocenters. The Kier molecular flexibility index (Phi) is 5.83. The molecule has 0 bridgehead atoms. The Morgan fingerprint density at radius 1 is 1.14 bits per heavy atom. The minimum Gasteiger partial charge on any atom is -0.541 e. The van der Waals surface area contributed by atoms with Crippen molar-refractivity contribution >= 4 is 20.4 Å². The lowest BCUT2D eigenvalue weighted by molar-refractivity contribution is -0.134. The van der Waals surface area contributed by atoms with E-state index in [9.17, 15) is 4.79 Å². The summed E-state index contributed by atoms with van der Waals surface area (Å²) in [5, 5.41) is 0.113. The molecule has 0 aromatic heterocycles. The number of rotatable bonds is 5. The monoisotopic (exact) mass is 322 g/mol. The second-order valence-corrected chi connectivity index (χ2v) is 11.4. The fraction of sp³-hybridized carbons (Fsp3) is 0.471. The predicted octanol–water partition coefficient (Wildman–Crippen LogP) is 4.27. The molecule has 122 valence electrons. The van der Waals surface area contributed by atoms with Crippen molar-refractivity contribution in [1.29, 1.82) is 0 Å². The van der Waals surface area contributed by atoms with Gasteiger partial charge in [0, 0.05) is 6.08 Å². The summed E-state index contributed by atoms with van der Waals surface area (Å²) in [7, 11) is 1.04. The van der Waals surface area contributed by atoms with E-state index in [0.29, 0.717) is 5.75 Å². The van der Waals surface area contributed by atoms with Crippen molar-refractivity contribution in [3.63, 3.8) is 0 Å². The predicted molar refractivity (Wildman–Crippen MR) is 91.9 cm³/mol. The molecule has 0 radical (unpaired) electrons. The van der Waals surface area contributed by atoms with Crippen LogP contribution in [-0.2, 0) is 9.53 Å². The molecule has 0 fully saturated rings. The van der Waals surface area contributed by atoms with Gasteiger partial charge in [0.1, 0.15) is 5.75 Å². The van der Waals surface area contributed by atoms with E-state index >= 15 is 0 Å². The first-order valence-electron chi connectivity index (χ1n) is 7.24. The zero-order valence-electron chi connectivity index (χ0n) is 14.5. The molecule has 0 aliphatic rings. The van der Waals surface area contributed by atoms with Gasteiger partial charge in [-0.15, -0.1) is 0 Å². The lowest BCUT2D eigenvalue weighted by Crippen LogP contribution is -2.43. The number of benzene rings is 1. The van der Waals surface area contributed by atoms with Crippen LogP contribution < -0.4 is 9.16 Å². The smallest absolute Gasteiger partial charge is 0.330 e. The lowest BCUT2D eigenvalue weighted by atomic mass is 10.2. The van der Waals surface area contributed by atoms with Gasteiger partial charge in [0.2, 0.25) is 0 Å². The summed E-state index contributed by atoms with van der Waals surface area (Å²) in [6.07, 6.45) is 3.06. The van der Waals surface area contributed by atoms with Crippen molar-refractivity contribution in [2.45, 2.75) is 38.9 Å². The number of ether oxygens (including phenoxy) is 2.